The molecule has 0 spiro atoms. The summed E-state index contributed by atoms with van der Waals surface area (Å²) < 4.78 is 6.38. The summed E-state index contributed by atoms with van der Waals surface area (Å²) in [6, 6.07) is 11.4. The largest absolute Gasteiger partial charge is 0.462 e. The van der Waals surface area contributed by atoms with E-state index in [0.29, 0.717) is 0 Å². The Kier molecular flexibility index (Phi) is 4.35. The minimum atomic E-state index is -0.0757. The third kappa shape index (κ3) is 3.70. The molecule has 0 aliphatic carbocycles. The number of rotatable bonds is 4. The molecule has 6 heteroatoms. The summed E-state index contributed by atoms with van der Waals surface area (Å²) in [5.41, 5.74) is 1.54. The number of hydrogen-bond donors (Lipinski definition) is 1. The van der Waals surface area contributed by atoms with Gasteiger partial charge in [0.2, 0.25) is 5.91 Å². The molecule has 3 rings (SSSR count). The van der Waals surface area contributed by atoms with Crippen LogP contribution < -0.4 is 5.32 Å². The number of furan rings is 1. The number of nitrogens with zero attached hydrogens (tertiary/aromatic N) is 1. The zero-order valence-corrected chi connectivity index (χ0v) is 13.8. The van der Waals surface area contributed by atoms with Crippen LogP contribution in [0.1, 0.15) is 5.69 Å². The van der Waals surface area contributed by atoms with Crippen LogP contribution in [0.25, 0.3) is 10.8 Å². The maximum Gasteiger partial charge on any atom is 0.230 e. The molecule has 1 aromatic carbocycles. The summed E-state index contributed by atoms with van der Waals surface area (Å²) in [5, 5.41) is 5.54. The number of halogens is 1. The van der Waals surface area contributed by atoms with Crippen LogP contribution in [0.15, 0.2) is 52.5 Å². The molecular weight excluding hydrogens is 399 g/mol. The third-order valence-corrected chi connectivity index (χ3v) is 4.31. The van der Waals surface area contributed by atoms with Gasteiger partial charge in [0.1, 0.15) is 0 Å². The molecule has 4 nitrogen and oxygen atoms in total. The molecule has 1 N–H and O–H groups in total. The lowest BCUT2D eigenvalue weighted by atomic mass is 10.3. The fourth-order valence-electron chi connectivity index (χ4n) is 1.84. The Morgan fingerprint density at radius 1 is 1.33 bits per heavy atom. The Morgan fingerprint density at radius 2 is 2.24 bits per heavy atom. The first-order valence-corrected chi connectivity index (χ1v) is 8.20. The lowest BCUT2D eigenvalue weighted by Gasteiger charge is -2.04. The Morgan fingerprint density at radius 3 is 3.00 bits per heavy atom. The zero-order chi connectivity index (χ0) is 14.7. The van der Waals surface area contributed by atoms with Crippen molar-refractivity contribution >= 4 is 45.5 Å². The number of anilines is 1. The van der Waals surface area contributed by atoms with Crippen molar-refractivity contribution in [2.24, 2.45) is 0 Å². The molecule has 1 amide bonds. The van der Waals surface area contributed by atoms with Crippen LogP contribution in [0.5, 0.6) is 0 Å². The minimum Gasteiger partial charge on any atom is -0.462 e. The van der Waals surface area contributed by atoms with Crippen LogP contribution in [0.2, 0.25) is 0 Å². The lowest BCUT2D eigenvalue weighted by molar-refractivity contribution is -0.115. The Hall–Kier alpha value is -1.67. The molecule has 0 saturated heterocycles. The van der Waals surface area contributed by atoms with Crippen molar-refractivity contribution in [2.75, 3.05) is 5.32 Å². The van der Waals surface area contributed by atoms with Crippen molar-refractivity contribution in [3.63, 3.8) is 0 Å². The van der Waals surface area contributed by atoms with Gasteiger partial charge >= 0.3 is 0 Å². The zero-order valence-electron chi connectivity index (χ0n) is 10.9. The Bertz CT molecular complexity index is 753. The number of benzene rings is 1. The van der Waals surface area contributed by atoms with Crippen molar-refractivity contribution < 1.29 is 9.21 Å². The van der Waals surface area contributed by atoms with Gasteiger partial charge in [-0.15, -0.1) is 11.3 Å². The third-order valence-electron chi connectivity index (χ3n) is 2.73. The highest BCUT2D eigenvalue weighted by Gasteiger charge is 2.10. The molecule has 0 bridgehead atoms. The van der Waals surface area contributed by atoms with Crippen LogP contribution >= 0.6 is 33.9 Å². The van der Waals surface area contributed by atoms with E-state index in [2.05, 4.69) is 32.9 Å². The van der Waals surface area contributed by atoms with Crippen molar-refractivity contribution in [3.05, 3.63) is 57.3 Å². The first-order valence-electron chi connectivity index (χ1n) is 6.24. The van der Waals surface area contributed by atoms with Crippen molar-refractivity contribution in [1.29, 1.82) is 0 Å². The molecule has 0 saturated carbocycles. The van der Waals surface area contributed by atoms with E-state index in [-0.39, 0.29) is 12.3 Å². The van der Waals surface area contributed by atoms with Crippen LogP contribution in [-0.4, -0.2) is 10.9 Å². The quantitative estimate of drug-likeness (QED) is 0.657. The standard InChI is InChI=1S/C15H11IN2O2S/c16-10-3-1-4-11(7-10)17-14(19)8-12-9-21-15(18-12)13-5-2-6-20-13/h1-7,9H,8H2,(H,17,19). The van der Waals surface area contributed by atoms with Gasteiger partial charge in [0.05, 0.1) is 18.4 Å². The summed E-state index contributed by atoms with van der Waals surface area (Å²) in [5.74, 6) is 0.651. The molecule has 0 aliphatic heterocycles. The Labute approximate surface area is 139 Å². The first kappa shape index (κ1) is 14.3. The number of carbonyl (C=O) groups is 1. The van der Waals surface area contributed by atoms with E-state index in [9.17, 15) is 4.79 Å². The summed E-state index contributed by atoms with van der Waals surface area (Å²) in [6.07, 6.45) is 1.86. The fraction of sp³-hybridized carbons (Fsp3) is 0.0667. The maximum absolute atomic E-state index is 12.0. The minimum absolute atomic E-state index is 0.0757. The normalized spacial score (nSPS) is 10.5. The van der Waals surface area contributed by atoms with E-state index >= 15 is 0 Å². The van der Waals surface area contributed by atoms with Gasteiger partial charge in [0.25, 0.3) is 0 Å². The van der Waals surface area contributed by atoms with Crippen molar-refractivity contribution in [1.82, 2.24) is 4.98 Å². The highest BCUT2D eigenvalue weighted by molar-refractivity contribution is 14.1. The van der Waals surface area contributed by atoms with E-state index in [4.69, 9.17) is 4.42 Å². The second-order valence-corrected chi connectivity index (χ2v) is 6.46. The predicted octanol–water partition coefficient (Wildman–Crippen LogP) is 4.19. The number of nitrogens with one attached hydrogen (secondary N) is 1. The van der Waals surface area contributed by atoms with Gasteiger partial charge in [-0.05, 0) is 52.9 Å². The summed E-state index contributed by atoms with van der Waals surface area (Å²) in [7, 11) is 0. The molecule has 2 aromatic heterocycles. The topological polar surface area (TPSA) is 55.1 Å². The molecule has 106 valence electrons. The second-order valence-electron chi connectivity index (χ2n) is 4.36. The summed E-state index contributed by atoms with van der Waals surface area (Å²) in [6.45, 7) is 0. The van der Waals surface area contributed by atoms with E-state index in [1.54, 1.807) is 6.26 Å². The number of amides is 1. The van der Waals surface area contributed by atoms with Crippen LogP contribution in [0.4, 0.5) is 5.69 Å². The first-order chi connectivity index (χ1) is 10.2. The molecule has 2 heterocycles. The van der Waals surface area contributed by atoms with Gasteiger partial charge in [-0.3, -0.25) is 4.79 Å². The van der Waals surface area contributed by atoms with Gasteiger partial charge < -0.3 is 9.73 Å². The smallest absolute Gasteiger partial charge is 0.230 e. The van der Waals surface area contributed by atoms with E-state index in [1.807, 2.05) is 41.8 Å². The van der Waals surface area contributed by atoms with Gasteiger partial charge in [-0.1, -0.05) is 6.07 Å². The number of aromatic nitrogens is 1. The highest BCUT2D eigenvalue weighted by Crippen LogP contribution is 2.24. The lowest BCUT2D eigenvalue weighted by Crippen LogP contribution is -2.14. The van der Waals surface area contributed by atoms with Crippen LogP contribution in [-0.2, 0) is 11.2 Å². The van der Waals surface area contributed by atoms with E-state index in [1.165, 1.54) is 11.3 Å². The second kappa shape index (κ2) is 6.40. The molecule has 0 radical (unpaired) electrons. The fourth-order valence-corrected chi connectivity index (χ4v) is 3.17. The molecule has 0 fully saturated rings. The summed E-state index contributed by atoms with van der Waals surface area (Å²) in [4.78, 5) is 16.4. The average Bonchev–Trinajstić information content (AvgIpc) is 3.08. The van der Waals surface area contributed by atoms with Gasteiger partial charge in [0, 0.05) is 14.6 Å². The van der Waals surface area contributed by atoms with Crippen LogP contribution in [0.3, 0.4) is 0 Å². The average molecular weight is 410 g/mol. The monoisotopic (exact) mass is 410 g/mol. The molecule has 0 atom stereocenters. The highest BCUT2D eigenvalue weighted by atomic mass is 127. The molecule has 0 aliphatic rings. The predicted molar refractivity (Wildman–Crippen MR) is 91.3 cm³/mol. The van der Waals surface area contributed by atoms with E-state index < -0.39 is 0 Å². The summed E-state index contributed by atoms with van der Waals surface area (Å²) >= 11 is 3.68. The number of hydrogen-bond acceptors (Lipinski definition) is 4. The molecular formula is C15H11IN2O2S. The van der Waals surface area contributed by atoms with Crippen LogP contribution in [0, 0.1) is 3.57 Å². The maximum atomic E-state index is 12.0. The number of thiazole rings is 1. The molecule has 3 aromatic rings. The van der Waals surface area contributed by atoms with Crippen molar-refractivity contribution in [3.8, 4) is 10.8 Å². The molecule has 21 heavy (non-hydrogen) atoms. The van der Waals surface area contributed by atoms with Gasteiger partial charge in [-0.25, -0.2) is 4.98 Å². The van der Waals surface area contributed by atoms with Crippen molar-refractivity contribution in [2.45, 2.75) is 6.42 Å². The van der Waals surface area contributed by atoms with E-state index in [0.717, 1.165) is 25.7 Å². The Balaban J connectivity index is 1.65. The SMILES string of the molecule is O=C(Cc1csc(-c2ccco2)n1)Nc1cccc(I)c1. The van der Waals surface area contributed by atoms with Gasteiger partial charge in [-0.2, -0.15) is 0 Å². The van der Waals surface area contributed by atoms with Gasteiger partial charge in [0.15, 0.2) is 10.8 Å². The molecule has 0 unspecified atom stereocenters. The number of carbonyl (C=O) groups excluding carboxylic acids is 1.